The van der Waals surface area contributed by atoms with Crippen LogP contribution in [0.3, 0.4) is 0 Å². The van der Waals surface area contributed by atoms with Crippen LogP contribution in [-0.4, -0.2) is 45.5 Å². The maximum absolute atomic E-state index is 12.9. The van der Waals surface area contributed by atoms with Gasteiger partial charge >= 0.3 is 0 Å². The lowest BCUT2D eigenvalue weighted by atomic mass is 10.1. The van der Waals surface area contributed by atoms with Crippen molar-refractivity contribution >= 4 is 38.4 Å². The Morgan fingerprint density at radius 2 is 1.72 bits per heavy atom. The van der Waals surface area contributed by atoms with Crippen molar-refractivity contribution in [3.8, 4) is 0 Å². The third kappa shape index (κ3) is 5.66. The third-order valence-corrected chi connectivity index (χ3v) is 8.19. The number of nitrogens with zero attached hydrogens (tertiary/aromatic N) is 4. The average Bonchev–Trinajstić information content (AvgIpc) is 3.26. The minimum atomic E-state index is -3.35. The summed E-state index contributed by atoms with van der Waals surface area (Å²) in [6.07, 6.45) is 3.09. The molecule has 2 aromatic carbocycles. The fraction of sp³-hybridized carbons (Fsp3) is 0.280. The minimum Gasteiger partial charge on any atom is -0.354 e. The Labute approximate surface area is 213 Å². The van der Waals surface area contributed by atoms with Crippen LogP contribution in [0, 0.1) is 0 Å². The number of carbonyl (C=O) groups is 1. The van der Waals surface area contributed by atoms with E-state index >= 15 is 0 Å². The number of rotatable bonds is 9. The summed E-state index contributed by atoms with van der Waals surface area (Å²) in [5.41, 5.74) is 1.88. The fourth-order valence-electron chi connectivity index (χ4n) is 3.68. The SMILES string of the molecule is CC(C)S(=O)(=O)c1ccc(CC(=O)NCCn2ncc3c(=O)n(Cc4ccc(Cl)cc4)cnc32)cc1. The molecule has 1 N–H and O–H groups in total. The Balaban J connectivity index is 1.35. The molecule has 0 aliphatic carbocycles. The molecule has 2 aromatic heterocycles. The quantitative estimate of drug-likeness (QED) is 0.358. The van der Waals surface area contributed by atoms with Gasteiger partial charge in [0.1, 0.15) is 11.7 Å². The van der Waals surface area contributed by atoms with E-state index in [0.29, 0.717) is 41.3 Å². The first-order chi connectivity index (χ1) is 17.1. The Morgan fingerprint density at radius 3 is 2.39 bits per heavy atom. The molecule has 11 heteroatoms. The minimum absolute atomic E-state index is 0.121. The van der Waals surface area contributed by atoms with Crippen molar-refractivity contribution in [3.63, 3.8) is 0 Å². The molecule has 188 valence electrons. The smallest absolute Gasteiger partial charge is 0.264 e. The van der Waals surface area contributed by atoms with Crippen molar-refractivity contribution in [1.82, 2.24) is 24.6 Å². The number of amides is 1. The van der Waals surface area contributed by atoms with Crippen molar-refractivity contribution in [2.45, 2.75) is 43.5 Å². The maximum atomic E-state index is 12.9. The van der Waals surface area contributed by atoms with Gasteiger partial charge in [-0.25, -0.2) is 18.1 Å². The third-order valence-electron chi connectivity index (χ3n) is 5.77. The van der Waals surface area contributed by atoms with Crippen LogP contribution in [0.1, 0.15) is 25.0 Å². The standard InChI is InChI=1S/C25H26ClN5O4S/c1-17(2)36(34,35)21-9-5-18(6-10-21)13-23(32)27-11-12-31-24-22(14-29-31)25(33)30(16-28-24)15-19-3-7-20(26)8-4-19/h3-10,14,16-17H,11-13,15H2,1-2H3,(H,27,32). The highest BCUT2D eigenvalue weighted by atomic mass is 35.5. The first-order valence-electron chi connectivity index (χ1n) is 11.4. The average molecular weight is 528 g/mol. The van der Waals surface area contributed by atoms with Crippen molar-refractivity contribution in [1.29, 1.82) is 0 Å². The molecule has 0 atom stereocenters. The molecule has 2 heterocycles. The summed E-state index contributed by atoms with van der Waals surface area (Å²) < 4.78 is 27.5. The van der Waals surface area contributed by atoms with Crippen LogP contribution in [0.25, 0.3) is 11.0 Å². The number of fused-ring (bicyclic) bond motifs is 1. The Bertz CT molecular complexity index is 1540. The van der Waals surface area contributed by atoms with Gasteiger partial charge in [0.25, 0.3) is 5.56 Å². The summed E-state index contributed by atoms with van der Waals surface area (Å²) in [6.45, 7) is 4.27. The van der Waals surface area contributed by atoms with E-state index < -0.39 is 15.1 Å². The number of carbonyl (C=O) groups excluding carboxylic acids is 1. The van der Waals surface area contributed by atoms with Crippen molar-refractivity contribution in [2.24, 2.45) is 0 Å². The predicted octanol–water partition coefficient (Wildman–Crippen LogP) is 2.84. The van der Waals surface area contributed by atoms with Gasteiger partial charge in [-0.2, -0.15) is 5.10 Å². The van der Waals surface area contributed by atoms with Gasteiger partial charge in [0.15, 0.2) is 15.5 Å². The lowest BCUT2D eigenvalue weighted by molar-refractivity contribution is -0.120. The highest BCUT2D eigenvalue weighted by Crippen LogP contribution is 2.17. The molecule has 0 aliphatic rings. The Kier molecular flexibility index (Phi) is 7.56. The predicted molar refractivity (Wildman–Crippen MR) is 138 cm³/mol. The monoisotopic (exact) mass is 527 g/mol. The number of halogens is 1. The second-order valence-electron chi connectivity index (χ2n) is 8.67. The fourth-order valence-corrected chi connectivity index (χ4v) is 4.86. The van der Waals surface area contributed by atoms with E-state index in [1.165, 1.54) is 29.2 Å². The van der Waals surface area contributed by atoms with Gasteiger partial charge in [-0.3, -0.25) is 14.2 Å². The lowest BCUT2D eigenvalue weighted by Gasteiger charge is -2.09. The molecule has 0 saturated carbocycles. The van der Waals surface area contributed by atoms with Crippen molar-refractivity contribution in [3.05, 3.63) is 87.6 Å². The van der Waals surface area contributed by atoms with E-state index in [1.807, 2.05) is 12.1 Å². The van der Waals surface area contributed by atoms with E-state index in [0.717, 1.165) is 5.56 Å². The van der Waals surface area contributed by atoms with Crippen LogP contribution in [0.5, 0.6) is 0 Å². The second-order valence-corrected chi connectivity index (χ2v) is 11.6. The normalized spacial score (nSPS) is 11.8. The zero-order chi connectivity index (χ0) is 25.9. The summed E-state index contributed by atoms with van der Waals surface area (Å²) in [5, 5.41) is 7.60. The molecule has 0 unspecified atom stereocenters. The summed E-state index contributed by atoms with van der Waals surface area (Å²) >= 11 is 5.92. The lowest BCUT2D eigenvalue weighted by Crippen LogP contribution is -2.29. The molecule has 0 radical (unpaired) electrons. The van der Waals surface area contributed by atoms with E-state index in [9.17, 15) is 18.0 Å². The summed E-state index contributed by atoms with van der Waals surface area (Å²) in [4.78, 5) is 29.8. The number of hydrogen-bond donors (Lipinski definition) is 1. The Hall–Kier alpha value is -3.50. The molecule has 4 rings (SSSR count). The van der Waals surface area contributed by atoms with Crippen molar-refractivity contribution in [2.75, 3.05) is 6.54 Å². The van der Waals surface area contributed by atoms with Gasteiger partial charge in [0.2, 0.25) is 5.91 Å². The number of nitrogens with one attached hydrogen (secondary N) is 1. The van der Waals surface area contributed by atoms with Gasteiger partial charge in [0, 0.05) is 11.6 Å². The Morgan fingerprint density at radius 1 is 1.06 bits per heavy atom. The highest BCUT2D eigenvalue weighted by molar-refractivity contribution is 7.92. The molecule has 36 heavy (non-hydrogen) atoms. The first-order valence-corrected chi connectivity index (χ1v) is 13.3. The van der Waals surface area contributed by atoms with Gasteiger partial charge < -0.3 is 5.32 Å². The van der Waals surface area contributed by atoms with Crippen LogP contribution < -0.4 is 10.9 Å². The van der Waals surface area contributed by atoms with E-state index in [1.54, 1.807) is 42.8 Å². The molecule has 1 amide bonds. The van der Waals surface area contributed by atoms with Gasteiger partial charge in [-0.05, 0) is 49.2 Å². The highest BCUT2D eigenvalue weighted by Gasteiger charge is 2.19. The first kappa shape index (κ1) is 25.6. The molecule has 0 spiro atoms. The van der Waals surface area contributed by atoms with Gasteiger partial charge in [-0.1, -0.05) is 35.9 Å². The molecule has 9 nitrogen and oxygen atoms in total. The summed E-state index contributed by atoms with van der Waals surface area (Å²) in [5.74, 6) is -0.204. The zero-order valence-corrected chi connectivity index (χ0v) is 21.5. The molecule has 0 fully saturated rings. The zero-order valence-electron chi connectivity index (χ0n) is 19.9. The largest absolute Gasteiger partial charge is 0.354 e. The van der Waals surface area contributed by atoms with Crippen LogP contribution in [-0.2, 0) is 34.1 Å². The molecule has 0 saturated heterocycles. The molecule has 0 aliphatic heterocycles. The number of aromatic nitrogens is 4. The van der Waals surface area contributed by atoms with E-state index in [-0.39, 0.29) is 22.8 Å². The molecule has 4 aromatic rings. The number of benzene rings is 2. The maximum Gasteiger partial charge on any atom is 0.264 e. The van der Waals surface area contributed by atoms with Crippen LogP contribution in [0.4, 0.5) is 0 Å². The van der Waals surface area contributed by atoms with Crippen LogP contribution >= 0.6 is 11.6 Å². The summed E-state index contributed by atoms with van der Waals surface area (Å²) in [7, 11) is -3.35. The molecular weight excluding hydrogens is 502 g/mol. The number of sulfone groups is 1. The molecular formula is C25H26ClN5O4S. The second kappa shape index (κ2) is 10.6. The summed E-state index contributed by atoms with van der Waals surface area (Å²) in [6, 6.07) is 13.6. The van der Waals surface area contributed by atoms with E-state index in [2.05, 4.69) is 15.4 Å². The van der Waals surface area contributed by atoms with Crippen LogP contribution in [0.15, 0.2) is 70.7 Å². The topological polar surface area (TPSA) is 116 Å². The molecule has 0 bridgehead atoms. The van der Waals surface area contributed by atoms with E-state index in [4.69, 9.17) is 11.6 Å². The van der Waals surface area contributed by atoms with Crippen LogP contribution in [0.2, 0.25) is 5.02 Å². The van der Waals surface area contributed by atoms with Gasteiger partial charge in [0.05, 0.1) is 35.9 Å². The van der Waals surface area contributed by atoms with Gasteiger partial charge in [-0.15, -0.1) is 0 Å². The number of hydrogen-bond acceptors (Lipinski definition) is 6. The van der Waals surface area contributed by atoms with Crippen molar-refractivity contribution < 1.29 is 13.2 Å².